The molecule has 0 bridgehead atoms. The van der Waals surface area contributed by atoms with E-state index in [-0.39, 0.29) is 18.4 Å². The Hall–Kier alpha value is -2.94. The van der Waals surface area contributed by atoms with Gasteiger partial charge in [-0.05, 0) is 37.5 Å². The molecule has 29 heavy (non-hydrogen) atoms. The zero-order valence-electron chi connectivity index (χ0n) is 15.7. The van der Waals surface area contributed by atoms with Crippen molar-refractivity contribution < 1.29 is 18.3 Å². The van der Waals surface area contributed by atoms with Crippen molar-refractivity contribution in [2.75, 3.05) is 7.11 Å². The number of aliphatic imine (C=N–C) groups is 1. The summed E-state index contributed by atoms with van der Waals surface area (Å²) >= 11 is 1.54. The molecule has 9 heteroatoms. The van der Waals surface area contributed by atoms with Crippen molar-refractivity contribution in [3.05, 3.63) is 63.0 Å². The number of esters is 1. The van der Waals surface area contributed by atoms with Gasteiger partial charge in [-0.15, -0.1) is 21.5 Å². The van der Waals surface area contributed by atoms with Gasteiger partial charge in [0.25, 0.3) is 0 Å². The fourth-order valence-corrected chi connectivity index (χ4v) is 5.56. The number of rotatable bonds is 2. The SMILES string of the molecule is COC(=O)C1Cc2sc3c(c2C1)C(c1cc(F)cc(F)c1)=NCc1nnc(C)n1-3. The average molecular weight is 414 g/mol. The largest absolute Gasteiger partial charge is 0.469 e. The quantitative estimate of drug-likeness (QED) is 0.604. The fourth-order valence-electron chi connectivity index (χ4n) is 4.08. The third-order valence-corrected chi connectivity index (χ3v) is 6.57. The van der Waals surface area contributed by atoms with E-state index in [1.54, 1.807) is 11.3 Å². The standard InChI is InChI=1S/C20H16F2N4O2S/c1-9-24-25-16-8-23-18(10-3-12(21)7-13(22)4-10)17-14-5-11(20(27)28-2)6-15(14)29-19(17)26(9)16/h3-4,7,11H,5-6,8H2,1-2H3. The van der Waals surface area contributed by atoms with Crippen LogP contribution in [-0.2, 0) is 28.9 Å². The Bertz CT molecular complexity index is 1180. The number of fused-ring (bicyclic) bond motifs is 5. The maximum atomic E-state index is 14.0. The summed E-state index contributed by atoms with van der Waals surface area (Å²) in [5, 5.41) is 9.24. The van der Waals surface area contributed by atoms with E-state index < -0.39 is 11.6 Å². The van der Waals surface area contributed by atoms with Gasteiger partial charge in [-0.2, -0.15) is 0 Å². The number of halogens is 2. The number of benzene rings is 1. The van der Waals surface area contributed by atoms with E-state index in [0.717, 1.165) is 27.1 Å². The van der Waals surface area contributed by atoms with Crippen LogP contribution in [0.2, 0.25) is 0 Å². The maximum absolute atomic E-state index is 14.0. The molecular formula is C20H16F2N4O2S. The van der Waals surface area contributed by atoms with Crippen LogP contribution in [0.5, 0.6) is 0 Å². The van der Waals surface area contributed by atoms with Gasteiger partial charge >= 0.3 is 5.97 Å². The molecule has 3 heterocycles. The smallest absolute Gasteiger partial charge is 0.309 e. The van der Waals surface area contributed by atoms with Crippen LogP contribution in [0.25, 0.3) is 5.00 Å². The first-order chi connectivity index (χ1) is 14.0. The first-order valence-electron chi connectivity index (χ1n) is 9.11. The number of aromatic nitrogens is 3. The van der Waals surface area contributed by atoms with Gasteiger partial charge < -0.3 is 4.74 Å². The lowest BCUT2D eigenvalue weighted by molar-refractivity contribution is -0.145. The van der Waals surface area contributed by atoms with E-state index >= 15 is 0 Å². The summed E-state index contributed by atoms with van der Waals surface area (Å²) in [4.78, 5) is 17.8. The minimum Gasteiger partial charge on any atom is -0.469 e. The molecule has 1 atom stereocenters. The molecule has 0 saturated carbocycles. The molecule has 1 aliphatic carbocycles. The summed E-state index contributed by atoms with van der Waals surface area (Å²) in [6.45, 7) is 2.10. The van der Waals surface area contributed by atoms with Gasteiger partial charge in [0.15, 0.2) is 5.82 Å². The zero-order valence-corrected chi connectivity index (χ0v) is 16.5. The van der Waals surface area contributed by atoms with Gasteiger partial charge in [0.1, 0.15) is 29.0 Å². The number of hydrogen-bond acceptors (Lipinski definition) is 6. The molecule has 0 fully saturated rings. The van der Waals surface area contributed by atoms with Crippen molar-refractivity contribution in [1.29, 1.82) is 0 Å². The molecule has 6 nitrogen and oxygen atoms in total. The van der Waals surface area contributed by atoms with Gasteiger partial charge in [-0.1, -0.05) is 0 Å². The fraction of sp³-hybridized carbons (Fsp3) is 0.300. The van der Waals surface area contributed by atoms with Crippen LogP contribution in [0.3, 0.4) is 0 Å². The molecule has 0 saturated heterocycles. The number of hydrogen-bond donors (Lipinski definition) is 0. The Morgan fingerprint density at radius 1 is 1.21 bits per heavy atom. The Kier molecular flexibility index (Phi) is 4.09. The van der Waals surface area contributed by atoms with Crippen molar-refractivity contribution in [2.24, 2.45) is 10.9 Å². The lowest BCUT2D eigenvalue weighted by atomic mass is 9.97. The number of methoxy groups -OCH3 is 1. The van der Waals surface area contributed by atoms with Crippen molar-refractivity contribution in [3.63, 3.8) is 0 Å². The topological polar surface area (TPSA) is 69.4 Å². The second-order valence-electron chi connectivity index (χ2n) is 7.13. The Balaban J connectivity index is 1.73. The highest BCUT2D eigenvalue weighted by Gasteiger charge is 2.37. The summed E-state index contributed by atoms with van der Waals surface area (Å²) in [7, 11) is 1.38. The van der Waals surface area contributed by atoms with Crippen LogP contribution in [0.15, 0.2) is 23.2 Å². The highest BCUT2D eigenvalue weighted by atomic mass is 32.1. The monoisotopic (exact) mass is 414 g/mol. The Labute approximate surface area is 168 Å². The third-order valence-electron chi connectivity index (χ3n) is 5.34. The van der Waals surface area contributed by atoms with Crippen LogP contribution in [-0.4, -0.2) is 33.6 Å². The first-order valence-corrected chi connectivity index (χ1v) is 9.92. The first kappa shape index (κ1) is 18.1. The molecule has 0 N–H and O–H groups in total. The molecule has 0 amide bonds. The van der Waals surface area contributed by atoms with Crippen molar-refractivity contribution in [2.45, 2.75) is 26.3 Å². The highest BCUT2D eigenvalue weighted by molar-refractivity contribution is 7.15. The van der Waals surface area contributed by atoms with E-state index in [0.29, 0.717) is 35.8 Å². The maximum Gasteiger partial charge on any atom is 0.309 e. The predicted octanol–water partition coefficient (Wildman–Crippen LogP) is 3.15. The van der Waals surface area contributed by atoms with Crippen LogP contribution >= 0.6 is 11.3 Å². The van der Waals surface area contributed by atoms with Crippen molar-refractivity contribution >= 4 is 23.0 Å². The van der Waals surface area contributed by atoms with Crippen LogP contribution in [0, 0.1) is 24.5 Å². The zero-order chi connectivity index (χ0) is 20.3. The number of aryl methyl sites for hydroxylation is 1. The minimum absolute atomic E-state index is 0.241. The molecule has 0 spiro atoms. The summed E-state index contributed by atoms with van der Waals surface area (Å²) in [6.07, 6.45) is 1.07. The van der Waals surface area contributed by atoms with Gasteiger partial charge in [0.2, 0.25) is 0 Å². The van der Waals surface area contributed by atoms with Crippen LogP contribution < -0.4 is 0 Å². The Morgan fingerprint density at radius 3 is 2.69 bits per heavy atom. The lowest BCUT2D eigenvalue weighted by Gasteiger charge is -2.12. The molecule has 3 aromatic rings. The van der Waals surface area contributed by atoms with E-state index in [2.05, 4.69) is 15.2 Å². The molecule has 2 aromatic heterocycles. The number of ether oxygens (including phenoxy) is 1. The number of carbonyl (C=O) groups is 1. The summed E-state index contributed by atoms with van der Waals surface area (Å²) in [5.41, 5.74) is 2.64. The summed E-state index contributed by atoms with van der Waals surface area (Å²) in [5.74, 6) is -0.464. The average Bonchev–Trinajstić information content (AvgIpc) is 3.31. The predicted molar refractivity (Wildman–Crippen MR) is 103 cm³/mol. The molecule has 1 aliphatic heterocycles. The molecule has 2 aliphatic rings. The van der Waals surface area contributed by atoms with E-state index in [4.69, 9.17) is 4.74 Å². The number of thiophene rings is 1. The molecule has 5 rings (SSSR count). The molecule has 148 valence electrons. The molecule has 1 unspecified atom stereocenters. The highest BCUT2D eigenvalue weighted by Crippen LogP contribution is 2.43. The van der Waals surface area contributed by atoms with Gasteiger partial charge in [-0.25, -0.2) is 8.78 Å². The summed E-state index contributed by atoms with van der Waals surface area (Å²) < 4.78 is 34.8. The van der Waals surface area contributed by atoms with E-state index in [9.17, 15) is 13.6 Å². The van der Waals surface area contributed by atoms with Gasteiger partial charge in [-0.3, -0.25) is 14.4 Å². The lowest BCUT2D eigenvalue weighted by Crippen LogP contribution is -2.17. The molecular weight excluding hydrogens is 398 g/mol. The molecule has 1 aromatic carbocycles. The normalized spacial score (nSPS) is 17.2. The minimum atomic E-state index is -0.664. The second-order valence-corrected chi connectivity index (χ2v) is 8.22. The summed E-state index contributed by atoms with van der Waals surface area (Å²) in [6, 6.07) is 3.40. The number of nitrogens with zero attached hydrogens (tertiary/aromatic N) is 4. The van der Waals surface area contributed by atoms with Crippen molar-refractivity contribution in [1.82, 2.24) is 14.8 Å². The van der Waals surface area contributed by atoms with E-state index in [1.807, 2.05) is 11.5 Å². The molecule has 0 radical (unpaired) electrons. The van der Waals surface area contributed by atoms with Crippen LogP contribution in [0.4, 0.5) is 8.78 Å². The number of carbonyl (C=O) groups excluding carboxylic acids is 1. The second kappa shape index (κ2) is 6.55. The third kappa shape index (κ3) is 2.79. The van der Waals surface area contributed by atoms with E-state index in [1.165, 1.54) is 19.2 Å². The Morgan fingerprint density at radius 2 is 1.97 bits per heavy atom. The van der Waals surface area contributed by atoms with Gasteiger partial charge in [0, 0.05) is 22.1 Å². The van der Waals surface area contributed by atoms with Gasteiger partial charge in [0.05, 0.1) is 18.7 Å². The van der Waals surface area contributed by atoms with Crippen LogP contribution in [0.1, 0.15) is 33.2 Å². The van der Waals surface area contributed by atoms with Crippen molar-refractivity contribution in [3.8, 4) is 5.00 Å².